The zero-order valence-corrected chi connectivity index (χ0v) is 12.3. The lowest BCUT2D eigenvalue weighted by atomic mass is 9.82. The number of amides is 1. The highest BCUT2D eigenvalue weighted by Gasteiger charge is 2.28. The molecule has 2 fully saturated rings. The third kappa shape index (κ3) is 4.43. The molecule has 1 aliphatic heterocycles. The van der Waals surface area contributed by atoms with Crippen LogP contribution in [0.1, 0.15) is 51.9 Å². The third-order valence-electron chi connectivity index (χ3n) is 4.35. The second-order valence-electron chi connectivity index (χ2n) is 6.14. The first-order valence-electron chi connectivity index (χ1n) is 7.18. The number of halogens is 1. The van der Waals surface area contributed by atoms with Crippen LogP contribution in [0.4, 0.5) is 0 Å². The molecule has 0 spiro atoms. The van der Waals surface area contributed by atoms with Crippen LogP contribution in [0.5, 0.6) is 0 Å². The monoisotopic (exact) mass is 274 g/mol. The summed E-state index contributed by atoms with van der Waals surface area (Å²) in [4.78, 5) is 12.1. The average Bonchev–Trinajstić information content (AvgIpc) is 2.38. The summed E-state index contributed by atoms with van der Waals surface area (Å²) < 4.78 is 0. The molecule has 1 amide bonds. The summed E-state index contributed by atoms with van der Waals surface area (Å²) in [5.74, 6) is 0.598. The second-order valence-corrected chi connectivity index (χ2v) is 6.14. The molecule has 2 rings (SSSR count). The Morgan fingerprint density at radius 2 is 2.00 bits per heavy atom. The molecule has 3 nitrogen and oxygen atoms in total. The maximum absolute atomic E-state index is 12.1. The largest absolute Gasteiger partial charge is 0.355 e. The SMILES string of the molecule is CC1(CNC(=O)C2CCCCC2)CCCNC1.Cl. The van der Waals surface area contributed by atoms with Gasteiger partial charge >= 0.3 is 0 Å². The van der Waals surface area contributed by atoms with Crippen LogP contribution in [0, 0.1) is 11.3 Å². The lowest BCUT2D eigenvalue weighted by Gasteiger charge is -2.35. The van der Waals surface area contributed by atoms with Gasteiger partial charge in [-0.1, -0.05) is 26.2 Å². The van der Waals surface area contributed by atoms with E-state index in [9.17, 15) is 4.79 Å². The molecule has 1 saturated carbocycles. The maximum atomic E-state index is 12.1. The fraction of sp³-hybridized carbons (Fsp3) is 0.929. The number of carbonyl (C=O) groups is 1. The van der Waals surface area contributed by atoms with Crippen molar-refractivity contribution in [2.45, 2.75) is 51.9 Å². The number of hydrogen-bond donors (Lipinski definition) is 2. The summed E-state index contributed by atoms with van der Waals surface area (Å²) in [6, 6.07) is 0. The molecule has 1 aliphatic carbocycles. The van der Waals surface area contributed by atoms with Crippen LogP contribution in [0.2, 0.25) is 0 Å². The molecule has 1 unspecified atom stereocenters. The van der Waals surface area contributed by atoms with Crippen LogP contribution < -0.4 is 10.6 Å². The van der Waals surface area contributed by atoms with Crippen molar-refractivity contribution < 1.29 is 4.79 Å². The van der Waals surface area contributed by atoms with Gasteiger partial charge in [0, 0.05) is 19.0 Å². The summed E-state index contributed by atoms with van der Waals surface area (Å²) in [5.41, 5.74) is 0.266. The lowest BCUT2D eigenvalue weighted by molar-refractivity contribution is -0.126. The molecule has 4 heteroatoms. The minimum atomic E-state index is 0. The van der Waals surface area contributed by atoms with Crippen molar-refractivity contribution in [2.75, 3.05) is 19.6 Å². The fourth-order valence-electron chi connectivity index (χ4n) is 3.08. The number of nitrogens with one attached hydrogen (secondary N) is 2. The topological polar surface area (TPSA) is 41.1 Å². The Labute approximate surface area is 117 Å². The Kier molecular flexibility index (Phi) is 6.44. The van der Waals surface area contributed by atoms with Gasteiger partial charge in [0.1, 0.15) is 0 Å². The zero-order valence-electron chi connectivity index (χ0n) is 11.5. The van der Waals surface area contributed by atoms with E-state index < -0.39 is 0 Å². The molecule has 1 saturated heterocycles. The molecule has 0 aromatic heterocycles. The molecule has 0 aromatic carbocycles. The molecule has 106 valence electrons. The smallest absolute Gasteiger partial charge is 0.223 e. The van der Waals surface area contributed by atoms with E-state index in [1.165, 1.54) is 32.1 Å². The minimum Gasteiger partial charge on any atom is -0.355 e. The predicted octanol–water partition coefficient (Wildman–Crippen LogP) is 2.49. The van der Waals surface area contributed by atoms with Gasteiger partial charge in [-0.3, -0.25) is 4.79 Å². The normalized spacial score (nSPS) is 29.4. The Morgan fingerprint density at radius 1 is 1.28 bits per heavy atom. The van der Waals surface area contributed by atoms with Crippen molar-refractivity contribution in [1.29, 1.82) is 0 Å². The Balaban J connectivity index is 0.00000162. The highest BCUT2D eigenvalue weighted by molar-refractivity contribution is 5.85. The van der Waals surface area contributed by atoms with Gasteiger partial charge in [0.2, 0.25) is 5.91 Å². The standard InChI is InChI=1S/C14H26N2O.ClH/c1-14(8-5-9-15-10-14)11-16-13(17)12-6-3-2-4-7-12;/h12,15H,2-11H2,1H3,(H,16,17);1H. The van der Waals surface area contributed by atoms with Gasteiger partial charge < -0.3 is 10.6 Å². The summed E-state index contributed by atoms with van der Waals surface area (Å²) in [5, 5.41) is 6.61. The van der Waals surface area contributed by atoms with Crippen molar-refractivity contribution >= 4 is 18.3 Å². The van der Waals surface area contributed by atoms with Crippen molar-refractivity contribution in [3.8, 4) is 0 Å². The number of rotatable bonds is 3. The molecule has 1 heterocycles. The Morgan fingerprint density at radius 3 is 2.61 bits per heavy atom. The molecular weight excluding hydrogens is 248 g/mol. The minimum absolute atomic E-state index is 0. The van der Waals surface area contributed by atoms with E-state index in [1.807, 2.05) is 0 Å². The quantitative estimate of drug-likeness (QED) is 0.830. The average molecular weight is 275 g/mol. The Bertz CT molecular complexity index is 259. The van der Waals surface area contributed by atoms with E-state index in [4.69, 9.17) is 0 Å². The van der Waals surface area contributed by atoms with Gasteiger partial charge in [-0.2, -0.15) is 0 Å². The van der Waals surface area contributed by atoms with Gasteiger partial charge in [-0.25, -0.2) is 0 Å². The molecule has 0 bridgehead atoms. The van der Waals surface area contributed by atoms with Gasteiger partial charge in [-0.15, -0.1) is 12.4 Å². The molecule has 2 N–H and O–H groups in total. The van der Waals surface area contributed by atoms with Crippen molar-refractivity contribution in [3.63, 3.8) is 0 Å². The van der Waals surface area contributed by atoms with Crippen LogP contribution in [0.3, 0.4) is 0 Å². The van der Waals surface area contributed by atoms with Crippen molar-refractivity contribution in [2.24, 2.45) is 11.3 Å². The first-order chi connectivity index (χ1) is 8.20. The summed E-state index contributed by atoms with van der Waals surface area (Å²) in [6.45, 7) is 5.29. The Hall–Kier alpha value is -0.280. The summed E-state index contributed by atoms with van der Waals surface area (Å²) in [6.07, 6.45) is 8.43. The first-order valence-corrected chi connectivity index (χ1v) is 7.18. The predicted molar refractivity (Wildman–Crippen MR) is 77.0 cm³/mol. The number of carbonyl (C=O) groups excluding carboxylic acids is 1. The van der Waals surface area contributed by atoms with Crippen LogP contribution >= 0.6 is 12.4 Å². The summed E-state index contributed by atoms with van der Waals surface area (Å²) >= 11 is 0. The van der Waals surface area contributed by atoms with Crippen LogP contribution in [0.15, 0.2) is 0 Å². The molecule has 18 heavy (non-hydrogen) atoms. The molecule has 0 radical (unpaired) electrons. The molecule has 2 aliphatic rings. The summed E-state index contributed by atoms with van der Waals surface area (Å²) in [7, 11) is 0. The zero-order chi connectivity index (χ0) is 12.1. The van der Waals surface area contributed by atoms with E-state index in [-0.39, 0.29) is 17.8 Å². The molecular formula is C14H27ClN2O. The maximum Gasteiger partial charge on any atom is 0.223 e. The van der Waals surface area contributed by atoms with Gasteiger partial charge in [0.25, 0.3) is 0 Å². The number of hydrogen-bond acceptors (Lipinski definition) is 2. The van der Waals surface area contributed by atoms with E-state index in [0.717, 1.165) is 32.5 Å². The van der Waals surface area contributed by atoms with E-state index in [2.05, 4.69) is 17.6 Å². The fourth-order valence-corrected chi connectivity index (χ4v) is 3.08. The number of piperidine rings is 1. The molecule has 0 aromatic rings. The lowest BCUT2D eigenvalue weighted by Crippen LogP contribution is -2.46. The van der Waals surface area contributed by atoms with E-state index >= 15 is 0 Å². The first kappa shape index (κ1) is 15.8. The van der Waals surface area contributed by atoms with Crippen LogP contribution in [0.25, 0.3) is 0 Å². The van der Waals surface area contributed by atoms with Gasteiger partial charge in [0.15, 0.2) is 0 Å². The van der Waals surface area contributed by atoms with Crippen molar-refractivity contribution in [3.05, 3.63) is 0 Å². The van der Waals surface area contributed by atoms with Gasteiger partial charge in [0.05, 0.1) is 0 Å². The highest BCUT2D eigenvalue weighted by Crippen LogP contribution is 2.26. The van der Waals surface area contributed by atoms with Crippen molar-refractivity contribution in [1.82, 2.24) is 10.6 Å². The van der Waals surface area contributed by atoms with E-state index in [1.54, 1.807) is 0 Å². The van der Waals surface area contributed by atoms with Gasteiger partial charge in [-0.05, 0) is 37.6 Å². The third-order valence-corrected chi connectivity index (χ3v) is 4.35. The van der Waals surface area contributed by atoms with Crippen LogP contribution in [-0.2, 0) is 4.79 Å². The van der Waals surface area contributed by atoms with Crippen LogP contribution in [-0.4, -0.2) is 25.5 Å². The highest BCUT2D eigenvalue weighted by atomic mass is 35.5. The second kappa shape index (κ2) is 7.34. The van der Waals surface area contributed by atoms with E-state index in [0.29, 0.717) is 11.8 Å². The molecule has 1 atom stereocenters.